The van der Waals surface area contributed by atoms with Crippen molar-refractivity contribution in [3.63, 3.8) is 0 Å². The first-order valence-corrected chi connectivity index (χ1v) is 7.15. The molecule has 0 aromatic heterocycles. The highest BCUT2D eigenvalue weighted by Crippen LogP contribution is 2.27. The van der Waals surface area contributed by atoms with Crippen molar-refractivity contribution < 1.29 is 50.0 Å². The fraction of sp³-hybridized carbons (Fsp3) is 1.00. The zero-order valence-electron chi connectivity index (χ0n) is 12.1. The molecule has 2 fully saturated rings. The van der Waals surface area contributed by atoms with Crippen LogP contribution in [0.15, 0.2) is 0 Å². The predicted molar refractivity (Wildman–Crippen MR) is 70.6 cm³/mol. The number of aliphatic hydroxyl groups excluding tert-OH is 7. The second kappa shape index (κ2) is 7.63. The van der Waals surface area contributed by atoms with Gasteiger partial charge in [0.25, 0.3) is 0 Å². The van der Waals surface area contributed by atoms with Crippen LogP contribution in [-0.4, -0.2) is 110 Å². The Bertz CT molecular complexity index is 383. The topological polar surface area (TPSA) is 195 Å². The van der Waals surface area contributed by atoms with E-state index in [0.29, 0.717) is 0 Å². The Morgan fingerprint density at radius 2 is 1.39 bits per heavy atom. The van der Waals surface area contributed by atoms with Crippen molar-refractivity contribution in [2.75, 3.05) is 13.2 Å². The van der Waals surface area contributed by atoms with Gasteiger partial charge in [0, 0.05) is 0 Å². The number of hydrogen-bond donors (Lipinski definition) is 8. The van der Waals surface area contributed by atoms with Crippen molar-refractivity contribution in [3.8, 4) is 0 Å². The summed E-state index contributed by atoms with van der Waals surface area (Å²) in [4.78, 5) is 0. The Morgan fingerprint density at radius 3 is 1.96 bits per heavy atom. The standard InChI is InChI=1S/C12H23NO10/c13-5-7(17)10(4(2-15)21-11(5)20)23-12-9(19)8(18)6(16)3(1-14)22-12/h3-12,14-20H,1-2,13H2/t3-,4-,5-,6-,7-,8+,9+,10-,11?,12+/m1/s1. The van der Waals surface area contributed by atoms with Gasteiger partial charge in [-0.3, -0.25) is 0 Å². The van der Waals surface area contributed by atoms with Gasteiger partial charge in [-0.25, -0.2) is 0 Å². The molecule has 23 heavy (non-hydrogen) atoms. The number of rotatable bonds is 4. The highest BCUT2D eigenvalue weighted by Gasteiger charge is 2.49. The highest BCUT2D eigenvalue weighted by molar-refractivity contribution is 4.94. The molecule has 11 nitrogen and oxygen atoms in total. The minimum atomic E-state index is -1.68. The van der Waals surface area contributed by atoms with Gasteiger partial charge in [0.1, 0.15) is 42.7 Å². The maximum Gasteiger partial charge on any atom is 0.187 e. The van der Waals surface area contributed by atoms with Crippen LogP contribution in [0.2, 0.25) is 0 Å². The summed E-state index contributed by atoms with van der Waals surface area (Å²) in [6, 6.07) is -1.23. The third kappa shape index (κ3) is 3.65. The maximum absolute atomic E-state index is 10.1. The zero-order valence-corrected chi connectivity index (χ0v) is 12.1. The lowest BCUT2D eigenvalue weighted by Gasteiger charge is -2.45. The maximum atomic E-state index is 10.1. The Labute approximate surface area is 131 Å². The second-order valence-corrected chi connectivity index (χ2v) is 5.61. The summed E-state index contributed by atoms with van der Waals surface area (Å²) in [5.41, 5.74) is 5.55. The molecule has 0 aliphatic carbocycles. The third-order valence-electron chi connectivity index (χ3n) is 4.06. The van der Waals surface area contributed by atoms with E-state index in [0.717, 1.165) is 0 Å². The van der Waals surface area contributed by atoms with Gasteiger partial charge >= 0.3 is 0 Å². The smallest absolute Gasteiger partial charge is 0.187 e. The fourth-order valence-electron chi connectivity index (χ4n) is 2.60. The fourth-order valence-corrected chi connectivity index (χ4v) is 2.60. The lowest BCUT2D eigenvalue weighted by Crippen LogP contribution is -2.66. The molecule has 1 unspecified atom stereocenters. The molecule has 2 aliphatic heterocycles. The Kier molecular flexibility index (Phi) is 6.27. The Hall–Kier alpha value is -0.440. The summed E-state index contributed by atoms with van der Waals surface area (Å²) < 4.78 is 15.5. The van der Waals surface area contributed by atoms with Crippen molar-refractivity contribution in [3.05, 3.63) is 0 Å². The van der Waals surface area contributed by atoms with Crippen LogP contribution in [-0.2, 0) is 14.2 Å². The van der Waals surface area contributed by atoms with Crippen LogP contribution in [0.5, 0.6) is 0 Å². The molecule has 0 bridgehead atoms. The monoisotopic (exact) mass is 341 g/mol. The Morgan fingerprint density at radius 1 is 0.783 bits per heavy atom. The molecule has 0 spiro atoms. The number of aliphatic hydroxyl groups is 7. The van der Waals surface area contributed by atoms with E-state index in [1.165, 1.54) is 0 Å². The second-order valence-electron chi connectivity index (χ2n) is 5.61. The summed E-state index contributed by atoms with van der Waals surface area (Å²) in [5, 5.41) is 67.3. The molecule has 2 saturated heterocycles. The van der Waals surface area contributed by atoms with E-state index in [1.807, 2.05) is 0 Å². The molecule has 0 saturated carbocycles. The minimum Gasteiger partial charge on any atom is -0.394 e. The summed E-state index contributed by atoms with van der Waals surface area (Å²) >= 11 is 0. The molecule has 2 heterocycles. The average molecular weight is 341 g/mol. The molecule has 136 valence electrons. The van der Waals surface area contributed by atoms with Crippen molar-refractivity contribution in [2.45, 2.75) is 61.3 Å². The van der Waals surface area contributed by atoms with E-state index in [9.17, 15) is 30.6 Å². The van der Waals surface area contributed by atoms with Gasteiger partial charge in [-0.05, 0) is 0 Å². The molecular weight excluding hydrogens is 318 g/mol. The first-order valence-electron chi connectivity index (χ1n) is 7.15. The molecule has 2 aliphatic rings. The highest BCUT2D eigenvalue weighted by atomic mass is 16.7. The molecule has 0 radical (unpaired) electrons. The molecule has 2 rings (SSSR count). The first-order chi connectivity index (χ1) is 10.8. The van der Waals surface area contributed by atoms with Crippen LogP contribution in [0, 0.1) is 0 Å². The van der Waals surface area contributed by atoms with E-state index < -0.39 is 74.6 Å². The SMILES string of the molecule is N[C@H]1C(O)O[C@H](CO)[C@@H](O[C@@H]2O[C@H](CO)[C@@H](O)[C@H](O)[C@@H]2O)[C@@H]1O. The van der Waals surface area contributed by atoms with Crippen molar-refractivity contribution in [2.24, 2.45) is 5.73 Å². The molecular formula is C12H23NO10. The lowest BCUT2D eigenvalue weighted by molar-refractivity contribution is -0.344. The summed E-state index contributed by atoms with van der Waals surface area (Å²) in [6.45, 7) is -1.26. The summed E-state index contributed by atoms with van der Waals surface area (Å²) in [5.74, 6) is 0. The lowest BCUT2D eigenvalue weighted by atomic mass is 9.96. The molecule has 0 aromatic carbocycles. The Balaban J connectivity index is 2.11. The van der Waals surface area contributed by atoms with Gasteiger partial charge in [-0.2, -0.15) is 0 Å². The van der Waals surface area contributed by atoms with Crippen molar-refractivity contribution >= 4 is 0 Å². The van der Waals surface area contributed by atoms with Gasteiger partial charge in [-0.1, -0.05) is 0 Å². The summed E-state index contributed by atoms with van der Waals surface area (Å²) in [7, 11) is 0. The van der Waals surface area contributed by atoms with Crippen LogP contribution in [0.25, 0.3) is 0 Å². The van der Waals surface area contributed by atoms with Crippen LogP contribution >= 0.6 is 0 Å². The van der Waals surface area contributed by atoms with E-state index in [2.05, 4.69) is 0 Å². The number of hydrogen-bond acceptors (Lipinski definition) is 11. The van der Waals surface area contributed by atoms with Crippen LogP contribution in [0.1, 0.15) is 0 Å². The molecule has 11 heteroatoms. The zero-order chi connectivity index (χ0) is 17.3. The summed E-state index contributed by atoms with van der Waals surface area (Å²) in [6.07, 6.45) is -13.0. The van der Waals surface area contributed by atoms with Gasteiger partial charge < -0.3 is 55.7 Å². The number of nitrogens with two attached hydrogens (primary N) is 1. The van der Waals surface area contributed by atoms with E-state index in [1.54, 1.807) is 0 Å². The molecule has 0 amide bonds. The number of ether oxygens (including phenoxy) is 3. The average Bonchev–Trinajstić information content (AvgIpc) is 2.55. The van der Waals surface area contributed by atoms with Crippen LogP contribution in [0.3, 0.4) is 0 Å². The normalized spacial score (nSPS) is 51.7. The minimum absolute atomic E-state index is 0.622. The quantitative estimate of drug-likeness (QED) is 0.243. The van der Waals surface area contributed by atoms with E-state index >= 15 is 0 Å². The van der Waals surface area contributed by atoms with E-state index in [-0.39, 0.29) is 0 Å². The predicted octanol–water partition coefficient (Wildman–Crippen LogP) is -5.43. The largest absolute Gasteiger partial charge is 0.394 e. The van der Waals surface area contributed by atoms with Crippen LogP contribution in [0.4, 0.5) is 0 Å². The van der Waals surface area contributed by atoms with Gasteiger partial charge in [-0.15, -0.1) is 0 Å². The molecule has 9 N–H and O–H groups in total. The van der Waals surface area contributed by atoms with Crippen LogP contribution < -0.4 is 5.73 Å². The van der Waals surface area contributed by atoms with Gasteiger partial charge in [0.05, 0.1) is 19.3 Å². The van der Waals surface area contributed by atoms with Crippen molar-refractivity contribution in [1.29, 1.82) is 0 Å². The van der Waals surface area contributed by atoms with Gasteiger partial charge in [0.15, 0.2) is 12.6 Å². The van der Waals surface area contributed by atoms with Gasteiger partial charge in [0.2, 0.25) is 0 Å². The molecule has 10 atom stereocenters. The molecule has 0 aromatic rings. The van der Waals surface area contributed by atoms with E-state index in [4.69, 9.17) is 25.1 Å². The first kappa shape index (κ1) is 18.9. The third-order valence-corrected chi connectivity index (χ3v) is 4.06. The van der Waals surface area contributed by atoms with Crippen molar-refractivity contribution in [1.82, 2.24) is 0 Å².